The Labute approximate surface area is 74.4 Å². The maximum absolute atomic E-state index is 9.41. The average molecular weight is 169 g/mol. The summed E-state index contributed by atoms with van der Waals surface area (Å²) in [6.45, 7) is 1.45. The zero-order valence-corrected chi connectivity index (χ0v) is 7.68. The largest absolute Gasteiger partial charge is 0.394 e. The van der Waals surface area contributed by atoms with Gasteiger partial charge in [-0.05, 0) is 38.1 Å². The number of hydrogen-bond donors (Lipinski definition) is 2. The Kier molecular flexibility index (Phi) is 2.37. The summed E-state index contributed by atoms with van der Waals surface area (Å²) in [5.41, 5.74) is 0.122. The highest BCUT2D eigenvalue weighted by Crippen LogP contribution is 2.38. The third-order valence-electron chi connectivity index (χ3n) is 3.70. The summed E-state index contributed by atoms with van der Waals surface area (Å²) >= 11 is 0. The van der Waals surface area contributed by atoms with E-state index in [9.17, 15) is 5.11 Å². The first-order valence-corrected chi connectivity index (χ1v) is 5.23. The molecule has 1 unspecified atom stereocenters. The van der Waals surface area contributed by atoms with Crippen molar-refractivity contribution in [2.75, 3.05) is 13.2 Å². The molecule has 70 valence electrons. The third-order valence-corrected chi connectivity index (χ3v) is 3.70. The van der Waals surface area contributed by atoms with E-state index in [1.807, 2.05) is 0 Å². The summed E-state index contributed by atoms with van der Waals surface area (Å²) < 4.78 is 0. The lowest BCUT2D eigenvalue weighted by atomic mass is 9.82. The molecule has 1 saturated heterocycles. The van der Waals surface area contributed by atoms with Gasteiger partial charge in [-0.2, -0.15) is 0 Å². The average Bonchev–Trinajstić information content (AvgIpc) is 2.76. The van der Waals surface area contributed by atoms with Crippen molar-refractivity contribution in [3.05, 3.63) is 0 Å². The monoisotopic (exact) mass is 169 g/mol. The van der Waals surface area contributed by atoms with Crippen LogP contribution in [0.15, 0.2) is 0 Å². The predicted octanol–water partition coefficient (Wildman–Crippen LogP) is 1.29. The lowest BCUT2D eigenvalue weighted by Gasteiger charge is -2.33. The second-order valence-electron chi connectivity index (χ2n) is 4.33. The zero-order valence-electron chi connectivity index (χ0n) is 7.68. The van der Waals surface area contributed by atoms with Gasteiger partial charge in [0.25, 0.3) is 0 Å². The molecular weight excluding hydrogens is 150 g/mol. The van der Waals surface area contributed by atoms with Crippen LogP contribution in [-0.2, 0) is 0 Å². The van der Waals surface area contributed by atoms with Crippen LogP contribution in [0.2, 0.25) is 0 Å². The molecule has 2 rings (SSSR count). The van der Waals surface area contributed by atoms with Crippen molar-refractivity contribution in [2.45, 2.75) is 44.1 Å². The lowest BCUT2D eigenvalue weighted by molar-refractivity contribution is 0.122. The van der Waals surface area contributed by atoms with Crippen LogP contribution in [-0.4, -0.2) is 23.8 Å². The summed E-state index contributed by atoms with van der Waals surface area (Å²) in [5, 5.41) is 12.9. The van der Waals surface area contributed by atoms with E-state index in [2.05, 4.69) is 5.32 Å². The highest BCUT2D eigenvalue weighted by atomic mass is 16.3. The number of hydrogen-bond acceptors (Lipinski definition) is 2. The van der Waals surface area contributed by atoms with Gasteiger partial charge in [0.05, 0.1) is 6.61 Å². The molecular formula is C10H19NO. The van der Waals surface area contributed by atoms with Crippen molar-refractivity contribution in [1.29, 1.82) is 0 Å². The standard InChI is InChI=1S/C10H19NO/c12-8-10(6-3-7-11-10)9-4-1-2-5-9/h9,11-12H,1-8H2. The van der Waals surface area contributed by atoms with E-state index in [-0.39, 0.29) is 5.54 Å². The summed E-state index contributed by atoms with van der Waals surface area (Å²) in [5.74, 6) is 0.755. The second-order valence-corrected chi connectivity index (χ2v) is 4.33. The van der Waals surface area contributed by atoms with Crippen LogP contribution in [0.3, 0.4) is 0 Å². The summed E-state index contributed by atoms with van der Waals surface area (Å²) in [6.07, 6.45) is 7.83. The van der Waals surface area contributed by atoms with Crippen LogP contribution in [0.5, 0.6) is 0 Å². The number of nitrogens with one attached hydrogen (secondary N) is 1. The van der Waals surface area contributed by atoms with Gasteiger partial charge < -0.3 is 10.4 Å². The minimum absolute atomic E-state index is 0.122. The summed E-state index contributed by atoms with van der Waals surface area (Å²) in [7, 11) is 0. The predicted molar refractivity (Wildman–Crippen MR) is 49.0 cm³/mol. The molecule has 0 spiro atoms. The molecule has 0 bridgehead atoms. The molecule has 1 saturated carbocycles. The lowest BCUT2D eigenvalue weighted by Crippen LogP contribution is -2.49. The molecule has 1 aliphatic heterocycles. The minimum Gasteiger partial charge on any atom is -0.394 e. The van der Waals surface area contributed by atoms with E-state index in [4.69, 9.17) is 0 Å². The molecule has 0 aromatic carbocycles. The zero-order chi connectivity index (χ0) is 8.44. The van der Waals surface area contributed by atoms with Gasteiger partial charge in [0, 0.05) is 5.54 Å². The van der Waals surface area contributed by atoms with Crippen LogP contribution >= 0.6 is 0 Å². The van der Waals surface area contributed by atoms with E-state index >= 15 is 0 Å². The molecule has 2 fully saturated rings. The Morgan fingerprint density at radius 1 is 1.25 bits per heavy atom. The summed E-state index contributed by atoms with van der Waals surface area (Å²) in [4.78, 5) is 0. The molecule has 2 N–H and O–H groups in total. The maximum atomic E-state index is 9.41. The third kappa shape index (κ3) is 1.27. The molecule has 1 atom stereocenters. The van der Waals surface area contributed by atoms with Crippen LogP contribution in [0.25, 0.3) is 0 Å². The fourth-order valence-corrected chi connectivity index (χ4v) is 2.92. The maximum Gasteiger partial charge on any atom is 0.0616 e. The van der Waals surface area contributed by atoms with E-state index in [0.29, 0.717) is 6.61 Å². The fourth-order valence-electron chi connectivity index (χ4n) is 2.92. The minimum atomic E-state index is 0.122. The van der Waals surface area contributed by atoms with Gasteiger partial charge in [-0.25, -0.2) is 0 Å². The number of rotatable bonds is 2. The Hall–Kier alpha value is -0.0800. The Morgan fingerprint density at radius 2 is 2.00 bits per heavy atom. The first kappa shape index (κ1) is 8.52. The van der Waals surface area contributed by atoms with Gasteiger partial charge in [-0.3, -0.25) is 0 Å². The first-order valence-electron chi connectivity index (χ1n) is 5.23. The molecule has 0 aromatic heterocycles. The van der Waals surface area contributed by atoms with Crippen LogP contribution in [0.4, 0.5) is 0 Å². The van der Waals surface area contributed by atoms with Crippen LogP contribution in [0.1, 0.15) is 38.5 Å². The SMILES string of the molecule is OCC1(C2CCCC2)CCCN1. The van der Waals surface area contributed by atoms with Crippen LogP contribution < -0.4 is 5.32 Å². The molecule has 0 radical (unpaired) electrons. The van der Waals surface area contributed by atoms with Crippen molar-refractivity contribution in [3.63, 3.8) is 0 Å². The normalized spacial score (nSPS) is 37.8. The molecule has 2 heteroatoms. The summed E-state index contributed by atoms with van der Waals surface area (Å²) in [6, 6.07) is 0. The molecule has 12 heavy (non-hydrogen) atoms. The Morgan fingerprint density at radius 3 is 2.50 bits per heavy atom. The van der Waals surface area contributed by atoms with Gasteiger partial charge in [0.1, 0.15) is 0 Å². The molecule has 1 aliphatic carbocycles. The second kappa shape index (κ2) is 3.35. The van der Waals surface area contributed by atoms with Crippen molar-refractivity contribution in [1.82, 2.24) is 5.32 Å². The molecule has 2 nitrogen and oxygen atoms in total. The van der Waals surface area contributed by atoms with Crippen molar-refractivity contribution in [3.8, 4) is 0 Å². The van der Waals surface area contributed by atoms with E-state index in [0.717, 1.165) is 12.5 Å². The smallest absolute Gasteiger partial charge is 0.0616 e. The molecule has 0 amide bonds. The van der Waals surface area contributed by atoms with Gasteiger partial charge in [-0.1, -0.05) is 12.8 Å². The van der Waals surface area contributed by atoms with Crippen molar-refractivity contribution < 1.29 is 5.11 Å². The number of aliphatic hydroxyl groups is 1. The quantitative estimate of drug-likeness (QED) is 0.653. The van der Waals surface area contributed by atoms with Crippen molar-refractivity contribution >= 4 is 0 Å². The van der Waals surface area contributed by atoms with E-state index in [1.165, 1.54) is 38.5 Å². The highest BCUT2D eigenvalue weighted by Gasteiger charge is 2.41. The highest BCUT2D eigenvalue weighted by molar-refractivity contribution is 4.99. The fraction of sp³-hybridized carbons (Fsp3) is 1.00. The Bertz CT molecular complexity index is 146. The van der Waals surface area contributed by atoms with Crippen molar-refractivity contribution in [2.24, 2.45) is 5.92 Å². The number of aliphatic hydroxyl groups excluding tert-OH is 1. The topological polar surface area (TPSA) is 32.3 Å². The van der Waals surface area contributed by atoms with E-state index in [1.54, 1.807) is 0 Å². The van der Waals surface area contributed by atoms with Gasteiger partial charge in [0.15, 0.2) is 0 Å². The van der Waals surface area contributed by atoms with Gasteiger partial charge >= 0.3 is 0 Å². The Balaban J connectivity index is 2.04. The first-order chi connectivity index (χ1) is 5.87. The van der Waals surface area contributed by atoms with Gasteiger partial charge in [0.2, 0.25) is 0 Å². The molecule has 1 heterocycles. The molecule has 0 aromatic rings. The van der Waals surface area contributed by atoms with E-state index < -0.39 is 0 Å². The van der Waals surface area contributed by atoms with Gasteiger partial charge in [-0.15, -0.1) is 0 Å². The molecule has 2 aliphatic rings. The van der Waals surface area contributed by atoms with Crippen LogP contribution in [0, 0.1) is 5.92 Å².